The minimum Gasteiger partial charge on any atom is -0.477 e. The molecule has 2 fully saturated rings. The number of hydrogen-bond acceptors (Lipinski definition) is 6. The van der Waals surface area contributed by atoms with E-state index in [0.29, 0.717) is 50.6 Å². The standard InChI is InChI=1S/C24H25F2N5O3.2ClH/c25-17-12-15-20(13-21(17)30-10-6-28-7-11-30)31(14-16(23(15)32)24(33)34)19-3-1-2-18(22(19)26)29-8-4-27-5-9-29;;/h1-3,12-14,27-28H,4-11H2,(H,33,34);2*1H. The van der Waals surface area contributed by atoms with Crippen LogP contribution >= 0.6 is 24.8 Å². The molecular formula is C24H27Cl2F2N5O3. The topological polar surface area (TPSA) is 89.8 Å². The molecule has 0 spiro atoms. The summed E-state index contributed by atoms with van der Waals surface area (Å²) in [6, 6.07) is 7.49. The third kappa shape index (κ3) is 4.99. The van der Waals surface area contributed by atoms with Crippen LogP contribution in [-0.2, 0) is 0 Å². The van der Waals surface area contributed by atoms with Gasteiger partial charge in [0.2, 0.25) is 5.43 Å². The van der Waals surface area contributed by atoms with Crippen molar-refractivity contribution in [2.45, 2.75) is 0 Å². The summed E-state index contributed by atoms with van der Waals surface area (Å²) in [7, 11) is 0. The van der Waals surface area contributed by atoms with Crippen molar-refractivity contribution in [3.63, 3.8) is 0 Å². The first-order valence-corrected chi connectivity index (χ1v) is 11.3. The Hall–Kier alpha value is -2.92. The van der Waals surface area contributed by atoms with Gasteiger partial charge in [-0.25, -0.2) is 13.6 Å². The molecule has 0 unspecified atom stereocenters. The Morgan fingerprint density at radius 2 is 1.42 bits per heavy atom. The van der Waals surface area contributed by atoms with Gasteiger partial charge in [-0.15, -0.1) is 24.8 Å². The number of benzene rings is 2. The predicted molar refractivity (Wildman–Crippen MR) is 141 cm³/mol. The molecule has 0 bridgehead atoms. The molecule has 2 aliphatic heterocycles. The number of piperazine rings is 2. The Kier molecular flexibility index (Phi) is 8.78. The van der Waals surface area contributed by atoms with Crippen molar-refractivity contribution in [2.24, 2.45) is 0 Å². The predicted octanol–water partition coefficient (Wildman–Crippen LogP) is 2.63. The van der Waals surface area contributed by atoms with E-state index >= 15 is 8.78 Å². The lowest BCUT2D eigenvalue weighted by Gasteiger charge is -2.31. The number of nitrogens with one attached hydrogen (secondary N) is 2. The fourth-order valence-corrected chi connectivity index (χ4v) is 4.68. The van der Waals surface area contributed by atoms with Crippen molar-refractivity contribution in [2.75, 3.05) is 62.2 Å². The van der Waals surface area contributed by atoms with Crippen molar-refractivity contribution in [3.8, 4) is 5.69 Å². The Morgan fingerprint density at radius 1 is 0.861 bits per heavy atom. The van der Waals surface area contributed by atoms with E-state index in [4.69, 9.17) is 0 Å². The second-order valence-electron chi connectivity index (χ2n) is 8.45. The van der Waals surface area contributed by atoms with E-state index in [1.807, 2.05) is 9.80 Å². The molecule has 194 valence electrons. The number of halogens is 4. The van der Waals surface area contributed by atoms with E-state index in [2.05, 4.69) is 10.6 Å². The number of aromatic nitrogens is 1. The molecule has 0 amide bonds. The minimum atomic E-state index is -1.45. The number of hydrogen-bond donors (Lipinski definition) is 3. The second kappa shape index (κ2) is 11.4. The van der Waals surface area contributed by atoms with Crippen LogP contribution in [0.1, 0.15) is 10.4 Å². The zero-order chi connectivity index (χ0) is 23.8. The highest BCUT2D eigenvalue weighted by Gasteiger charge is 2.23. The van der Waals surface area contributed by atoms with Gasteiger partial charge in [0.25, 0.3) is 0 Å². The SMILES string of the molecule is Cl.Cl.O=C(O)c1cn(-c2cccc(N3CCNCC3)c2F)c2cc(N3CCNCC3)c(F)cc2c1=O. The highest BCUT2D eigenvalue weighted by Crippen LogP contribution is 2.31. The van der Waals surface area contributed by atoms with Gasteiger partial charge in [-0.3, -0.25) is 4.79 Å². The number of carboxylic acids is 1. The number of carbonyl (C=O) groups is 1. The number of aromatic carboxylic acids is 1. The molecule has 3 aromatic rings. The van der Waals surface area contributed by atoms with Gasteiger partial charge >= 0.3 is 5.97 Å². The quantitative estimate of drug-likeness (QED) is 0.467. The number of nitrogens with zero attached hydrogens (tertiary/aromatic N) is 3. The van der Waals surface area contributed by atoms with Crippen molar-refractivity contribution in [1.82, 2.24) is 15.2 Å². The molecule has 36 heavy (non-hydrogen) atoms. The molecule has 3 heterocycles. The zero-order valence-electron chi connectivity index (χ0n) is 19.3. The van der Waals surface area contributed by atoms with Gasteiger partial charge in [-0.05, 0) is 24.3 Å². The smallest absolute Gasteiger partial charge is 0.341 e. The van der Waals surface area contributed by atoms with Gasteiger partial charge in [-0.1, -0.05) is 6.07 Å². The molecule has 0 saturated carbocycles. The van der Waals surface area contributed by atoms with E-state index in [1.165, 1.54) is 16.7 Å². The molecule has 12 heteroatoms. The van der Waals surface area contributed by atoms with E-state index < -0.39 is 28.6 Å². The summed E-state index contributed by atoms with van der Waals surface area (Å²) in [6.07, 6.45) is 1.13. The zero-order valence-corrected chi connectivity index (χ0v) is 20.9. The Balaban J connectivity index is 0.00000180. The molecule has 3 N–H and O–H groups in total. The number of fused-ring (bicyclic) bond motifs is 1. The third-order valence-corrected chi connectivity index (χ3v) is 6.44. The number of pyridine rings is 1. The van der Waals surface area contributed by atoms with Gasteiger partial charge in [0.05, 0.1) is 22.6 Å². The Bertz CT molecular complexity index is 1330. The molecule has 2 aromatic carbocycles. The summed E-state index contributed by atoms with van der Waals surface area (Å²) in [4.78, 5) is 28.5. The summed E-state index contributed by atoms with van der Waals surface area (Å²) in [5.74, 6) is -2.60. The van der Waals surface area contributed by atoms with Crippen LogP contribution in [0.4, 0.5) is 20.2 Å². The van der Waals surface area contributed by atoms with Gasteiger partial charge < -0.3 is 30.1 Å². The fraction of sp³-hybridized carbons (Fsp3) is 0.333. The van der Waals surface area contributed by atoms with E-state index in [9.17, 15) is 14.7 Å². The maximum Gasteiger partial charge on any atom is 0.341 e. The summed E-state index contributed by atoms with van der Waals surface area (Å²) in [6.45, 7) is 5.23. The van der Waals surface area contributed by atoms with Crippen molar-refractivity contribution in [1.29, 1.82) is 0 Å². The monoisotopic (exact) mass is 541 g/mol. The first-order valence-electron chi connectivity index (χ1n) is 11.3. The van der Waals surface area contributed by atoms with Crippen LogP contribution in [0.2, 0.25) is 0 Å². The summed E-state index contributed by atoms with van der Waals surface area (Å²) < 4.78 is 32.3. The first kappa shape index (κ1) is 27.7. The molecule has 0 aliphatic carbocycles. The lowest BCUT2D eigenvalue weighted by atomic mass is 10.1. The molecule has 2 aliphatic rings. The third-order valence-electron chi connectivity index (χ3n) is 6.44. The largest absolute Gasteiger partial charge is 0.477 e. The van der Waals surface area contributed by atoms with Crippen molar-refractivity contribution >= 4 is 53.1 Å². The molecule has 0 atom stereocenters. The molecular weight excluding hydrogens is 515 g/mol. The van der Waals surface area contributed by atoms with Crippen molar-refractivity contribution in [3.05, 3.63) is 63.9 Å². The Labute approximate surface area is 218 Å². The molecule has 2 saturated heterocycles. The van der Waals surface area contributed by atoms with E-state index in [0.717, 1.165) is 25.4 Å². The van der Waals surface area contributed by atoms with Gasteiger partial charge in [0, 0.05) is 63.9 Å². The molecule has 0 radical (unpaired) electrons. The van der Waals surface area contributed by atoms with Crippen LogP contribution in [0.15, 0.2) is 41.3 Å². The average Bonchev–Trinajstić information content (AvgIpc) is 2.85. The number of rotatable bonds is 4. The molecule has 8 nitrogen and oxygen atoms in total. The summed E-state index contributed by atoms with van der Waals surface area (Å²) >= 11 is 0. The van der Waals surface area contributed by atoms with Gasteiger partial charge in [0.15, 0.2) is 5.82 Å². The van der Waals surface area contributed by atoms with Gasteiger partial charge in [-0.2, -0.15) is 0 Å². The van der Waals surface area contributed by atoms with Crippen molar-refractivity contribution < 1.29 is 18.7 Å². The van der Waals surface area contributed by atoms with E-state index in [1.54, 1.807) is 12.1 Å². The lowest BCUT2D eigenvalue weighted by Crippen LogP contribution is -2.44. The fourth-order valence-electron chi connectivity index (χ4n) is 4.68. The van der Waals surface area contributed by atoms with Gasteiger partial charge in [0.1, 0.15) is 11.4 Å². The first-order chi connectivity index (χ1) is 16.5. The van der Waals surface area contributed by atoms with Crippen LogP contribution in [0, 0.1) is 11.6 Å². The molecule has 5 rings (SSSR count). The van der Waals surface area contributed by atoms with Crippen LogP contribution in [0.3, 0.4) is 0 Å². The maximum absolute atomic E-state index is 15.8. The molecule has 1 aromatic heterocycles. The highest BCUT2D eigenvalue weighted by atomic mass is 35.5. The normalized spacial score (nSPS) is 15.8. The summed E-state index contributed by atoms with van der Waals surface area (Å²) in [5.41, 5.74) is -0.310. The highest BCUT2D eigenvalue weighted by molar-refractivity contribution is 5.94. The van der Waals surface area contributed by atoms with Crippen LogP contribution < -0.4 is 25.9 Å². The number of carboxylic acid groups (broad SMARTS) is 1. The average molecular weight is 542 g/mol. The maximum atomic E-state index is 15.8. The van der Waals surface area contributed by atoms with E-state index in [-0.39, 0.29) is 41.4 Å². The van der Waals surface area contributed by atoms with Crippen LogP contribution in [0.5, 0.6) is 0 Å². The van der Waals surface area contributed by atoms with Crippen LogP contribution in [-0.4, -0.2) is 68.0 Å². The second-order valence-corrected chi connectivity index (χ2v) is 8.45. The summed E-state index contributed by atoms with van der Waals surface area (Å²) in [5, 5.41) is 16.0. The minimum absolute atomic E-state index is 0. The Morgan fingerprint density at radius 3 is 2.00 bits per heavy atom. The van der Waals surface area contributed by atoms with Crippen LogP contribution in [0.25, 0.3) is 16.6 Å². The lowest BCUT2D eigenvalue weighted by molar-refractivity contribution is 0.0695. The number of anilines is 2.